The highest BCUT2D eigenvalue weighted by Gasteiger charge is 2.31. The van der Waals surface area contributed by atoms with E-state index in [0.717, 1.165) is 17.7 Å². The van der Waals surface area contributed by atoms with Crippen molar-refractivity contribution in [2.75, 3.05) is 5.73 Å². The number of halogens is 3. The third-order valence-corrected chi connectivity index (χ3v) is 4.44. The maximum atomic E-state index is 13.1. The number of benzene rings is 2. The maximum Gasteiger partial charge on any atom is 0.416 e. The number of pyridine rings is 1. The summed E-state index contributed by atoms with van der Waals surface area (Å²) in [4.78, 5) is 17.3. The number of fused-ring (bicyclic) bond motifs is 1. The fourth-order valence-corrected chi connectivity index (χ4v) is 3.10. The molecule has 0 saturated carbocycles. The van der Waals surface area contributed by atoms with E-state index >= 15 is 0 Å². The Kier molecular flexibility index (Phi) is 4.18. The van der Waals surface area contributed by atoms with Gasteiger partial charge in [0.1, 0.15) is 0 Å². The number of imidazole rings is 1. The molecule has 0 unspecified atom stereocenters. The summed E-state index contributed by atoms with van der Waals surface area (Å²) in [5.41, 5.74) is 6.77. The monoisotopic (exact) mass is 384 g/mol. The van der Waals surface area contributed by atoms with E-state index in [0.29, 0.717) is 16.9 Å². The zero-order valence-corrected chi connectivity index (χ0v) is 14.5. The fraction of sp³-hybridized carbons (Fsp3) is 0.100. The minimum atomic E-state index is -4.50. The molecule has 5 nitrogen and oxygen atoms in total. The van der Waals surface area contributed by atoms with Crippen LogP contribution in [0.3, 0.4) is 0 Å². The lowest BCUT2D eigenvalue weighted by atomic mass is 10.2. The molecule has 0 amide bonds. The highest BCUT2D eigenvalue weighted by Crippen LogP contribution is 2.30. The van der Waals surface area contributed by atoms with Crippen molar-refractivity contribution in [1.29, 1.82) is 0 Å². The number of nitrogens with zero attached hydrogens (tertiary/aromatic N) is 3. The molecule has 0 aliphatic heterocycles. The van der Waals surface area contributed by atoms with Gasteiger partial charge in [0, 0.05) is 11.9 Å². The van der Waals surface area contributed by atoms with Gasteiger partial charge in [-0.25, -0.2) is 14.3 Å². The predicted octanol–water partition coefficient (Wildman–Crippen LogP) is 3.84. The van der Waals surface area contributed by atoms with Crippen LogP contribution >= 0.6 is 0 Å². The van der Waals surface area contributed by atoms with Gasteiger partial charge in [0.2, 0.25) is 0 Å². The van der Waals surface area contributed by atoms with Gasteiger partial charge in [-0.1, -0.05) is 18.2 Å². The Morgan fingerprint density at radius 3 is 2.46 bits per heavy atom. The molecular formula is C20H15F3N4O. The molecule has 142 valence electrons. The standard InChI is InChI=1S/C20H15F3N4O/c21-20(22,23)14-3-1-4-16(11-14)27-18-17(5-2-10-25-18)26(19(27)28)12-13-6-8-15(24)9-7-13/h1-11H,12,24H2. The molecule has 0 atom stereocenters. The summed E-state index contributed by atoms with van der Waals surface area (Å²) < 4.78 is 42.0. The summed E-state index contributed by atoms with van der Waals surface area (Å²) in [6.45, 7) is 0.243. The van der Waals surface area contributed by atoms with Crippen molar-refractivity contribution in [3.63, 3.8) is 0 Å². The molecule has 0 aliphatic rings. The first-order valence-corrected chi connectivity index (χ1v) is 8.43. The van der Waals surface area contributed by atoms with E-state index in [1.807, 2.05) is 0 Å². The van der Waals surface area contributed by atoms with Crippen LogP contribution < -0.4 is 11.4 Å². The summed E-state index contributed by atoms with van der Waals surface area (Å²) in [7, 11) is 0. The van der Waals surface area contributed by atoms with Crippen LogP contribution in [-0.2, 0) is 12.7 Å². The van der Waals surface area contributed by atoms with Crippen molar-refractivity contribution in [2.24, 2.45) is 0 Å². The average Bonchev–Trinajstić information content (AvgIpc) is 2.95. The highest BCUT2D eigenvalue weighted by atomic mass is 19.4. The van der Waals surface area contributed by atoms with Crippen LogP contribution in [0.15, 0.2) is 71.7 Å². The number of hydrogen-bond donors (Lipinski definition) is 1. The minimum absolute atomic E-state index is 0.111. The number of anilines is 1. The first-order chi connectivity index (χ1) is 13.3. The Morgan fingerprint density at radius 2 is 1.75 bits per heavy atom. The van der Waals surface area contributed by atoms with Crippen molar-refractivity contribution in [2.45, 2.75) is 12.7 Å². The van der Waals surface area contributed by atoms with Crippen LogP contribution in [0.5, 0.6) is 0 Å². The molecule has 0 saturated heterocycles. The van der Waals surface area contributed by atoms with Gasteiger partial charge in [0.25, 0.3) is 0 Å². The molecular weight excluding hydrogens is 369 g/mol. The molecule has 8 heteroatoms. The number of nitrogens with two attached hydrogens (primary N) is 1. The van der Waals surface area contributed by atoms with Crippen LogP contribution in [0.1, 0.15) is 11.1 Å². The Labute approximate surface area is 157 Å². The van der Waals surface area contributed by atoms with E-state index in [2.05, 4.69) is 4.98 Å². The predicted molar refractivity (Wildman–Crippen MR) is 100 cm³/mol. The van der Waals surface area contributed by atoms with Crippen LogP contribution in [0, 0.1) is 0 Å². The minimum Gasteiger partial charge on any atom is -0.399 e. The normalized spacial score (nSPS) is 11.8. The SMILES string of the molecule is Nc1ccc(Cn2c(=O)n(-c3cccc(C(F)(F)F)c3)c3ncccc32)cc1. The molecule has 4 rings (SSSR count). The number of nitrogen functional groups attached to an aromatic ring is 1. The number of alkyl halides is 3. The van der Waals surface area contributed by atoms with Crippen molar-refractivity contribution < 1.29 is 13.2 Å². The molecule has 0 fully saturated rings. The molecule has 2 N–H and O–H groups in total. The van der Waals surface area contributed by atoms with Crippen molar-refractivity contribution in [3.05, 3.63) is 88.5 Å². The molecule has 0 aliphatic carbocycles. The summed E-state index contributed by atoms with van der Waals surface area (Å²) >= 11 is 0. The molecule has 0 radical (unpaired) electrons. The highest BCUT2D eigenvalue weighted by molar-refractivity contribution is 5.74. The second-order valence-electron chi connectivity index (χ2n) is 6.34. The molecule has 2 heterocycles. The van der Waals surface area contributed by atoms with Gasteiger partial charge in [-0.3, -0.25) is 4.57 Å². The fourth-order valence-electron chi connectivity index (χ4n) is 3.10. The smallest absolute Gasteiger partial charge is 0.399 e. The quantitative estimate of drug-likeness (QED) is 0.546. The van der Waals surface area contributed by atoms with E-state index in [4.69, 9.17) is 5.73 Å². The van der Waals surface area contributed by atoms with Crippen LogP contribution in [0.25, 0.3) is 16.9 Å². The largest absolute Gasteiger partial charge is 0.416 e. The molecule has 0 bridgehead atoms. The van der Waals surface area contributed by atoms with Crippen molar-refractivity contribution >= 4 is 16.9 Å². The van der Waals surface area contributed by atoms with Crippen LogP contribution in [0.2, 0.25) is 0 Å². The topological polar surface area (TPSA) is 65.8 Å². The second kappa shape index (κ2) is 6.56. The van der Waals surface area contributed by atoms with Gasteiger partial charge in [-0.05, 0) is 48.0 Å². The number of hydrogen-bond acceptors (Lipinski definition) is 3. The number of rotatable bonds is 3. The average molecular weight is 384 g/mol. The summed E-state index contributed by atoms with van der Waals surface area (Å²) in [6, 6.07) is 15.1. The van der Waals surface area contributed by atoms with E-state index in [-0.39, 0.29) is 12.2 Å². The Hall–Kier alpha value is -3.55. The number of aromatic nitrogens is 3. The zero-order valence-electron chi connectivity index (χ0n) is 14.5. The molecule has 0 spiro atoms. The lowest BCUT2D eigenvalue weighted by Gasteiger charge is -2.09. The maximum absolute atomic E-state index is 13.1. The summed E-state index contributed by atoms with van der Waals surface area (Å²) in [6.07, 6.45) is -3.01. The van der Waals surface area contributed by atoms with E-state index in [9.17, 15) is 18.0 Å². The Balaban J connectivity index is 1.90. The van der Waals surface area contributed by atoms with E-state index in [1.165, 1.54) is 27.5 Å². The van der Waals surface area contributed by atoms with Gasteiger partial charge in [-0.2, -0.15) is 13.2 Å². The zero-order chi connectivity index (χ0) is 19.9. The van der Waals surface area contributed by atoms with Gasteiger partial charge >= 0.3 is 11.9 Å². The molecule has 2 aromatic heterocycles. The first-order valence-electron chi connectivity index (χ1n) is 8.43. The van der Waals surface area contributed by atoms with Gasteiger partial charge < -0.3 is 5.73 Å². The van der Waals surface area contributed by atoms with Crippen molar-refractivity contribution in [3.8, 4) is 5.69 Å². The second-order valence-corrected chi connectivity index (χ2v) is 6.34. The van der Waals surface area contributed by atoms with Crippen LogP contribution in [-0.4, -0.2) is 14.1 Å². The van der Waals surface area contributed by atoms with Gasteiger partial charge in [0.15, 0.2) is 5.65 Å². The molecule has 4 aromatic rings. The Bertz CT molecular complexity index is 1210. The van der Waals surface area contributed by atoms with E-state index in [1.54, 1.807) is 36.4 Å². The van der Waals surface area contributed by atoms with Gasteiger partial charge in [-0.15, -0.1) is 0 Å². The lowest BCUT2D eigenvalue weighted by Crippen LogP contribution is -2.24. The van der Waals surface area contributed by atoms with Gasteiger partial charge in [0.05, 0.1) is 23.3 Å². The third kappa shape index (κ3) is 3.13. The Morgan fingerprint density at radius 1 is 1.00 bits per heavy atom. The summed E-state index contributed by atoms with van der Waals surface area (Å²) in [5, 5.41) is 0. The van der Waals surface area contributed by atoms with Crippen LogP contribution in [0.4, 0.5) is 18.9 Å². The van der Waals surface area contributed by atoms with Crippen molar-refractivity contribution in [1.82, 2.24) is 14.1 Å². The third-order valence-electron chi connectivity index (χ3n) is 4.44. The molecule has 28 heavy (non-hydrogen) atoms. The van der Waals surface area contributed by atoms with E-state index < -0.39 is 17.4 Å². The molecule has 2 aromatic carbocycles. The summed E-state index contributed by atoms with van der Waals surface area (Å²) in [5.74, 6) is 0. The lowest BCUT2D eigenvalue weighted by molar-refractivity contribution is -0.137. The first kappa shape index (κ1) is 17.8.